The summed E-state index contributed by atoms with van der Waals surface area (Å²) in [5.74, 6) is 0.0214. The topological polar surface area (TPSA) is 38.7 Å². The minimum absolute atomic E-state index is 0.0788. The molecular weight excluding hydrogens is 389 g/mol. The average molecular weight is 416 g/mol. The van der Waals surface area contributed by atoms with E-state index in [1.807, 2.05) is 62.4 Å². The monoisotopic (exact) mass is 417 g/mol. The molecule has 0 saturated heterocycles. The standard InChI is InChI=1S/C22H27NO2Se/c1-5-25-22(24)20(23-17(4)18-12-8-6-9-13-18)21(16(2)3)26-19-14-10-7-11-15-19/h6-17,21H,5H2,1-4H3/t17-,21?/m0/s1. The Morgan fingerprint density at radius 2 is 1.58 bits per heavy atom. The first-order valence-electron chi connectivity index (χ1n) is 9.04. The van der Waals surface area contributed by atoms with Crippen molar-refractivity contribution >= 4 is 31.1 Å². The number of aliphatic imine (C=N–C) groups is 1. The molecule has 0 amide bonds. The number of benzene rings is 2. The van der Waals surface area contributed by atoms with Gasteiger partial charge in [-0.3, -0.25) is 0 Å². The van der Waals surface area contributed by atoms with E-state index < -0.39 is 0 Å². The molecule has 138 valence electrons. The third-order valence-electron chi connectivity index (χ3n) is 3.98. The Kier molecular flexibility index (Phi) is 8.08. The number of nitrogens with zero attached hydrogens (tertiary/aromatic N) is 1. The van der Waals surface area contributed by atoms with Gasteiger partial charge in [0.2, 0.25) is 0 Å². The molecule has 26 heavy (non-hydrogen) atoms. The number of carbonyl (C=O) groups is 1. The summed E-state index contributed by atoms with van der Waals surface area (Å²) >= 11 is 0.109. The number of hydrogen-bond acceptors (Lipinski definition) is 3. The van der Waals surface area contributed by atoms with Gasteiger partial charge in [0.15, 0.2) is 0 Å². The molecule has 0 saturated carbocycles. The molecule has 0 fully saturated rings. The van der Waals surface area contributed by atoms with E-state index in [4.69, 9.17) is 9.73 Å². The fourth-order valence-corrected chi connectivity index (χ4v) is 5.02. The molecule has 2 rings (SSSR count). The summed E-state index contributed by atoms with van der Waals surface area (Å²) in [5.41, 5.74) is 1.67. The second-order valence-corrected chi connectivity index (χ2v) is 8.97. The van der Waals surface area contributed by atoms with E-state index >= 15 is 0 Å². The van der Waals surface area contributed by atoms with E-state index in [2.05, 4.69) is 26.0 Å². The van der Waals surface area contributed by atoms with Gasteiger partial charge in [0.1, 0.15) is 0 Å². The van der Waals surface area contributed by atoms with Crippen LogP contribution in [0.4, 0.5) is 0 Å². The van der Waals surface area contributed by atoms with Crippen molar-refractivity contribution in [3.8, 4) is 0 Å². The molecule has 0 aromatic heterocycles. The fraction of sp³-hybridized carbons (Fsp3) is 0.364. The van der Waals surface area contributed by atoms with E-state index in [0.29, 0.717) is 18.2 Å². The second kappa shape index (κ2) is 10.3. The number of hydrogen-bond donors (Lipinski definition) is 0. The van der Waals surface area contributed by atoms with Crippen LogP contribution in [0.25, 0.3) is 0 Å². The number of esters is 1. The van der Waals surface area contributed by atoms with Gasteiger partial charge in [0.25, 0.3) is 0 Å². The Morgan fingerprint density at radius 3 is 2.12 bits per heavy atom. The zero-order valence-electron chi connectivity index (χ0n) is 15.9. The summed E-state index contributed by atoms with van der Waals surface area (Å²) in [6, 6.07) is 20.3. The zero-order valence-corrected chi connectivity index (χ0v) is 17.6. The van der Waals surface area contributed by atoms with Crippen LogP contribution in [0.1, 0.15) is 39.3 Å². The van der Waals surface area contributed by atoms with Gasteiger partial charge >= 0.3 is 163 Å². The Balaban J connectivity index is 2.36. The molecule has 4 heteroatoms. The summed E-state index contributed by atoms with van der Waals surface area (Å²) in [6.45, 7) is 8.53. The maximum absolute atomic E-state index is 12.7. The van der Waals surface area contributed by atoms with E-state index in [1.165, 1.54) is 4.46 Å². The van der Waals surface area contributed by atoms with Crippen LogP contribution in [0.5, 0.6) is 0 Å². The number of rotatable bonds is 8. The van der Waals surface area contributed by atoms with Crippen molar-refractivity contribution in [1.29, 1.82) is 0 Å². The zero-order chi connectivity index (χ0) is 18.9. The molecule has 0 heterocycles. The molecule has 0 bridgehead atoms. The number of carbonyl (C=O) groups excluding carboxylic acids is 1. The predicted octanol–water partition coefficient (Wildman–Crippen LogP) is 4.23. The van der Waals surface area contributed by atoms with Crippen LogP contribution in [0.2, 0.25) is 4.82 Å². The maximum atomic E-state index is 12.7. The van der Waals surface area contributed by atoms with Crippen molar-refractivity contribution in [2.75, 3.05) is 6.61 Å². The molecule has 0 radical (unpaired) electrons. The first kappa shape index (κ1) is 20.4. The summed E-state index contributed by atoms with van der Waals surface area (Å²) in [5, 5.41) is 0. The molecule has 2 aromatic rings. The molecule has 0 N–H and O–H groups in total. The van der Waals surface area contributed by atoms with E-state index in [0.717, 1.165) is 5.56 Å². The molecule has 0 aliphatic carbocycles. The molecule has 0 spiro atoms. The van der Waals surface area contributed by atoms with Crippen molar-refractivity contribution in [2.24, 2.45) is 10.9 Å². The first-order chi connectivity index (χ1) is 12.5. The normalized spacial score (nSPS) is 14.1. The molecule has 1 unspecified atom stereocenters. The van der Waals surface area contributed by atoms with Crippen LogP contribution >= 0.6 is 0 Å². The molecule has 2 atom stereocenters. The molecule has 0 aliphatic rings. The quantitative estimate of drug-likeness (QED) is 0.367. The fourth-order valence-electron chi connectivity index (χ4n) is 2.62. The third-order valence-corrected chi connectivity index (χ3v) is 7.27. The minimum atomic E-state index is -0.285. The summed E-state index contributed by atoms with van der Waals surface area (Å²) in [4.78, 5) is 17.6. The van der Waals surface area contributed by atoms with Gasteiger partial charge < -0.3 is 0 Å². The van der Waals surface area contributed by atoms with Crippen LogP contribution in [-0.2, 0) is 9.53 Å². The van der Waals surface area contributed by atoms with Crippen LogP contribution in [-0.4, -0.2) is 33.2 Å². The Morgan fingerprint density at radius 1 is 1.00 bits per heavy atom. The van der Waals surface area contributed by atoms with E-state index in [1.54, 1.807) is 0 Å². The van der Waals surface area contributed by atoms with Crippen molar-refractivity contribution in [1.82, 2.24) is 0 Å². The number of ether oxygens (including phenoxy) is 1. The van der Waals surface area contributed by atoms with Crippen molar-refractivity contribution in [3.63, 3.8) is 0 Å². The first-order valence-corrected chi connectivity index (χ1v) is 10.9. The van der Waals surface area contributed by atoms with Crippen molar-refractivity contribution < 1.29 is 9.53 Å². The Hall–Kier alpha value is -1.90. The summed E-state index contributed by atoms with van der Waals surface area (Å²) in [6.07, 6.45) is 0. The van der Waals surface area contributed by atoms with Crippen LogP contribution in [0.15, 0.2) is 65.7 Å². The van der Waals surface area contributed by atoms with Gasteiger partial charge in [-0.15, -0.1) is 0 Å². The van der Waals surface area contributed by atoms with Gasteiger partial charge in [-0.2, -0.15) is 0 Å². The van der Waals surface area contributed by atoms with Gasteiger partial charge in [0.05, 0.1) is 0 Å². The molecule has 3 nitrogen and oxygen atoms in total. The average Bonchev–Trinajstić information content (AvgIpc) is 2.66. The second-order valence-electron chi connectivity index (χ2n) is 6.42. The van der Waals surface area contributed by atoms with E-state index in [9.17, 15) is 4.79 Å². The summed E-state index contributed by atoms with van der Waals surface area (Å²) in [7, 11) is 0. The van der Waals surface area contributed by atoms with Gasteiger partial charge in [-0.25, -0.2) is 0 Å². The Bertz CT molecular complexity index is 713. The SMILES string of the molecule is CCOC(=O)C(=N[C@@H](C)c1ccccc1)C([Se]c1ccccc1)C(C)C. The van der Waals surface area contributed by atoms with Crippen LogP contribution < -0.4 is 4.46 Å². The third kappa shape index (κ3) is 5.82. The van der Waals surface area contributed by atoms with Gasteiger partial charge in [-0.05, 0) is 0 Å². The van der Waals surface area contributed by atoms with Gasteiger partial charge in [0, 0.05) is 0 Å². The van der Waals surface area contributed by atoms with Crippen LogP contribution in [0, 0.1) is 5.92 Å². The molecular formula is C22H27NO2Se. The molecule has 0 aliphatic heterocycles. The predicted molar refractivity (Wildman–Crippen MR) is 109 cm³/mol. The van der Waals surface area contributed by atoms with E-state index in [-0.39, 0.29) is 31.8 Å². The van der Waals surface area contributed by atoms with Gasteiger partial charge in [-0.1, -0.05) is 0 Å². The summed E-state index contributed by atoms with van der Waals surface area (Å²) < 4.78 is 6.62. The Labute approximate surface area is 163 Å². The van der Waals surface area contributed by atoms with Crippen molar-refractivity contribution in [3.05, 3.63) is 66.2 Å². The molecule has 2 aromatic carbocycles. The van der Waals surface area contributed by atoms with Crippen molar-refractivity contribution in [2.45, 2.75) is 38.6 Å². The van der Waals surface area contributed by atoms with Crippen LogP contribution in [0.3, 0.4) is 0 Å².